The molecule has 0 spiro atoms. The number of para-hydroxylation sites is 2. The first kappa shape index (κ1) is 12.4. The lowest BCUT2D eigenvalue weighted by molar-refractivity contribution is 0.307. The predicted molar refractivity (Wildman–Crippen MR) is 79.0 cm³/mol. The third-order valence-electron chi connectivity index (χ3n) is 3.38. The Labute approximate surface area is 118 Å². The summed E-state index contributed by atoms with van der Waals surface area (Å²) in [5.41, 5.74) is 3.81. The molecule has 2 aromatic carbocycles. The SMILES string of the molecule is Clc1ccccc1OCc1cccc2c1NCCC2. The first-order valence-corrected chi connectivity index (χ1v) is 6.94. The number of hydrogen-bond donors (Lipinski definition) is 1. The fourth-order valence-corrected chi connectivity index (χ4v) is 2.61. The molecule has 1 aliphatic heterocycles. The highest BCUT2D eigenvalue weighted by atomic mass is 35.5. The zero-order chi connectivity index (χ0) is 13.1. The average molecular weight is 274 g/mol. The molecular formula is C16H16ClNO. The number of ether oxygens (including phenoxy) is 1. The van der Waals surface area contributed by atoms with Crippen molar-refractivity contribution in [3.05, 3.63) is 58.6 Å². The van der Waals surface area contributed by atoms with Crippen molar-refractivity contribution in [2.45, 2.75) is 19.4 Å². The summed E-state index contributed by atoms with van der Waals surface area (Å²) < 4.78 is 5.82. The van der Waals surface area contributed by atoms with Gasteiger partial charge in [0.25, 0.3) is 0 Å². The highest BCUT2D eigenvalue weighted by Gasteiger charge is 2.12. The number of rotatable bonds is 3. The van der Waals surface area contributed by atoms with Gasteiger partial charge in [-0.3, -0.25) is 0 Å². The lowest BCUT2D eigenvalue weighted by Gasteiger charge is -2.21. The molecule has 0 saturated heterocycles. The maximum atomic E-state index is 6.09. The van der Waals surface area contributed by atoms with E-state index in [0.717, 1.165) is 18.7 Å². The quantitative estimate of drug-likeness (QED) is 0.901. The molecule has 2 aromatic rings. The molecule has 3 heteroatoms. The molecule has 0 saturated carbocycles. The maximum absolute atomic E-state index is 6.09. The van der Waals surface area contributed by atoms with Crippen molar-refractivity contribution >= 4 is 17.3 Å². The maximum Gasteiger partial charge on any atom is 0.138 e. The molecule has 0 unspecified atom stereocenters. The van der Waals surface area contributed by atoms with Crippen LogP contribution in [0.2, 0.25) is 5.02 Å². The number of nitrogens with one attached hydrogen (secondary N) is 1. The molecule has 0 bridgehead atoms. The van der Waals surface area contributed by atoms with Gasteiger partial charge in [0.2, 0.25) is 0 Å². The van der Waals surface area contributed by atoms with Gasteiger partial charge in [-0.05, 0) is 30.5 Å². The summed E-state index contributed by atoms with van der Waals surface area (Å²) in [6.45, 7) is 1.58. The van der Waals surface area contributed by atoms with E-state index in [1.807, 2.05) is 24.3 Å². The number of anilines is 1. The van der Waals surface area contributed by atoms with Crippen LogP contribution < -0.4 is 10.1 Å². The first-order valence-electron chi connectivity index (χ1n) is 6.56. The molecule has 3 rings (SSSR count). The fraction of sp³-hybridized carbons (Fsp3) is 0.250. The van der Waals surface area contributed by atoms with Gasteiger partial charge in [-0.15, -0.1) is 0 Å². The molecule has 1 heterocycles. The van der Waals surface area contributed by atoms with E-state index < -0.39 is 0 Å². The van der Waals surface area contributed by atoms with Crippen LogP contribution in [-0.2, 0) is 13.0 Å². The van der Waals surface area contributed by atoms with Crippen molar-refractivity contribution in [1.82, 2.24) is 0 Å². The van der Waals surface area contributed by atoms with E-state index in [9.17, 15) is 0 Å². The van der Waals surface area contributed by atoms with Gasteiger partial charge >= 0.3 is 0 Å². The monoisotopic (exact) mass is 273 g/mol. The Morgan fingerprint density at radius 1 is 1.11 bits per heavy atom. The van der Waals surface area contributed by atoms with Crippen LogP contribution in [0.1, 0.15) is 17.5 Å². The minimum absolute atomic E-state index is 0.542. The number of fused-ring (bicyclic) bond motifs is 1. The number of aryl methyl sites for hydroxylation is 1. The predicted octanol–water partition coefficient (Wildman–Crippen LogP) is 4.28. The highest BCUT2D eigenvalue weighted by Crippen LogP contribution is 2.29. The number of benzene rings is 2. The summed E-state index contributed by atoms with van der Waals surface area (Å²) >= 11 is 6.09. The Morgan fingerprint density at radius 3 is 2.89 bits per heavy atom. The molecular weight excluding hydrogens is 258 g/mol. The van der Waals surface area contributed by atoms with Crippen molar-refractivity contribution in [3.63, 3.8) is 0 Å². The minimum Gasteiger partial charge on any atom is -0.487 e. The fourth-order valence-electron chi connectivity index (χ4n) is 2.42. The molecule has 0 fully saturated rings. The first-order chi connectivity index (χ1) is 9.34. The number of halogens is 1. The van der Waals surface area contributed by atoms with Gasteiger partial charge in [0.05, 0.1) is 5.02 Å². The van der Waals surface area contributed by atoms with Crippen LogP contribution in [0.15, 0.2) is 42.5 Å². The van der Waals surface area contributed by atoms with E-state index in [4.69, 9.17) is 16.3 Å². The zero-order valence-corrected chi connectivity index (χ0v) is 11.4. The normalized spacial score (nSPS) is 13.5. The minimum atomic E-state index is 0.542. The van der Waals surface area contributed by atoms with Gasteiger partial charge in [-0.25, -0.2) is 0 Å². The lowest BCUT2D eigenvalue weighted by atomic mass is 10.00. The van der Waals surface area contributed by atoms with Crippen LogP contribution in [0.3, 0.4) is 0 Å². The molecule has 0 radical (unpaired) electrons. The van der Waals surface area contributed by atoms with E-state index in [0.29, 0.717) is 11.6 Å². The second-order valence-corrected chi connectivity index (χ2v) is 5.11. The van der Waals surface area contributed by atoms with Crippen LogP contribution in [0.25, 0.3) is 0 Å². The molecule has 0 aliphatic carbocycles. The Bertz CT molecular complexity index is 583. The Kier molecular flexibility index (Phi) is 3.60. The van der Waals surface area contributed by atoms with Crippen molar-refractivity contribution in [2.75, 3.05) is 11.9 Å². The third kappa shape index (κ3) is 2.69. The van der Waals surface area contributed by atoms with Crippen LogP contribution in [0.5, 0.6) is 5.75 Å². The molecule has 0 amide bonds. The van der Waals surface area contributed by atoms with Crippen molar-refractivity contribution in [3.8, 4) is 5.75 Å². The Hall–Kier alpha value is -1.67. The van der Waals surface area contributed by atoms with Gasteiger partial charge in [-0.1, -0.05) is 41.9 Å². The molecule has 1 N–H and O–H groups in total. The van der Waals surface area contributed by atoms with Crippen LogP contribution >= 0.6 is 11.6 Å². The summed E-state index contributed by atoms with van der Waals surface area (Å²) in [5.74, 6) is 0.734. The van der Waals surface area contributed by atoms with E-state index in [1.165, 1.54) is 23.2 Å². The van der Waals surface area contributed by atoms with Crippen molar-refractivity contribution in [2.24, 2.45) is 0 Å². The molecule has 0 atom stereocenters. The molecule has 98 valence electrons. The molecule has 2 nitrogen and oxygen atoms in total. The number of hydrogen-bond acceptors (Lipinski definition) is 2. The van der Waals surface area contributed by atoms with Gasteiger partial charge in [-0.2, -0.15) is 0 Å². The summed E-state index contributed by atoms with van der Waals surface area (Å²) in [5, 5.41) is 4.12. The van der Waals surface area contributed by atoms with Gasteiger partial charge in [0, 0.05) is 17.8 Å². The van der Waals surface area contributed by atoms with Gasteiger partial charge in [0.15, 0.2) is 0 Å². The van der Waals surface area contributed by atoms with Gasteiger partial charge in [0.1, 0.15) is 12.4 Å². The topological polar surface area (TPSA) is 21.3 Å². The van der Waals surface area contributed by atoms with Crippen LogP contribution in [0, 0.1) is 0 Å². The largest absolute Gasteiger partial charge is 0.487 e. The van der Waals surface area contributed by atoms with Crippen LogP contribution in [-0.4, -0.2) is 6.54 Å². The third-order valence-corrected chi connectivity index (χ3v) is 3.69. The van der Waals surface area contributed by atoms with Crippen LogP contribution in [0.4, 0.5) is 5.69 Å². The second kappa shape index (κ2) is 5.54. The standard InChI is InChI=1S/C16H16ClNO/c17-14-8-1-2-9-15(14)19-11-13-6-3-5-12-7-4-10-18-16(12)13/h1-3,5-6,8-9,18H,4,7,10-11H2. The molecule has 19 heavy (non-hydrogen) atoms. The lowest BCUT2D eigenvalue weighted by Crippen LogP contribution is -2.14. The average Bonchev–Trinajstić information content (AvgIpc) is 2.46. The zero-order valence-electron chi connectivity index (χ0n) is 10.7. The molecule has 0 aromatic heterocycles. The summed E-state index contributed by atoms with van der Waals surface area (Å²) in [6, 6.07) is 14.0. The van der Waals surface area contributed by atoms with E-state index in [2.05, 4.69) is 23.5 Å². The Balaban J connectivity index is 1.79. The summed E-state index contributed by atoms with van der Waals surface area (Å²) in [7, 11) is 0. The summed E-state index contributed by atoms with van der Waals surface area (Å²) in [4.78, 5) is 0. The van der Waals surface area contributed by atoms with Crippen molar-refractivity contribution < 1.29 is 4.74 Å². The van der Waals surface area contributed by atoms with E-state index in [-0.39, 0.29) is 0 Å². The summed E-state index contributed by atoms with van der Waals surface area (Å²) in [6.07, 6.45) is 2.34. The second-order valence-electron chi connectivity index (χ2n) is 4.70. The molecule has 1 aliphatic rings. The van der Waals surface area contributed by atoms with Gasteiger partial charge < -0.3 is 10.1 Å². The highest BCUT2D eigenvalue weighted by molar-refractivity contribution is 6.32. The van der Waals surface area contributed by atoms with E-state index in [1.54, 1.807) is 0 Å². The van der Waals surface area contributed by atoms with Crippen molar-refractivity contribution in [1.29, 1.82) is 0 Å². The Morgan fingerprint density at radius 2 is 2.00 bits per heavy atom. The van der Waals surface area contributed by atoms with E-state index >= 15 is 0 Å². The smallest absolute Gasteiger partial charge is 0.138 e.